The van der Waals surface area contributed by atoms with Crippen LogP contribution in [0.5, 0.6) is 0 Å². The molecule has 0 spiro atoms. The summed E-state index contributed by atoms with van der Waals surface area (Å²) in [5, 5.41) is 0. The maximum atomic E-state index is 11.6. The molecule has 0 aromatic carbocycles. The summed E-state index contributed by atoms with van der Waals surface area (Å²) in [7, 11) is -2.53. The molecular formula is C13H28O2Si2. The lowest BCUT2D eigenvalue weighted by molar-refractivity contribution is -0.141. The Hall–Kier alpha value is -0.356. The topological polar surface area (TPSA) is 26.3 Å². The van der Waals surface area contributed by atoms with Crippen LogP contribution in [-0.2, 0) is 9.53 Å². The smallest absolute Gasteiger partial charge is 0.333 e. The van der Waals surface area contributed by atoms with Gasteiger partial charge in [0.1, 0.15) is 0 Å². The second-order valence-electron chi connectivity index (χ2n) is 7.14. The zero-order valence-corrected chi connectivity index (χ0v) is 14.5. The summed E-state index contributed by atoms with van der Waals surface area (Å²) in [6, 6.07) is 1.21. The fourth-order valence-corrected chi connectivity index (χ4v) is 4.35. The Balaban J connectivity index is 4.57. The first-order valence-electron chi connectivity index (χ1n) is 6.30. The van der Waals surface area contributed by atoms with E-state index in [1.165, 1.54) is 6.04 Å². The van der Waals surface area contributed by atoms with Crippen molar-refractivity contribution in [2.24, 2.45) is 0 Å². The number of carbonyl (C=O) groups excluding carboxylic acids is 1. The molecule has 0 aromatic rings. The third-order valence-corrected chi connectivity index (χ3v) is 6.85. The molecule has 0 radical (unpaired) electrons. The van der Waals surface area contributed by atoms with E-state index in [1.807, 2.05) is 0 Å². The maximum Gasteiger partial charge on any atom is 0.333 e. The van der Waals surface area contributed by atoms with Crippen LogP contribution < -0.4 is 0 Å². The van der Waals surface area contributed by atoms with Crippen molar-refractivity contribution in [2.45, 2.75) is 64.4 Å². The first-order chi connectivity index (χ1) is 7.43. The van der Waals surface area contributed by atoms with Gasteiger partial charge >= 0.3 is 5.97 Å². The molecule has 0 saturated carbocycles. The Kier molecular flexibility index (Phi) is 5.88. The summed E-state index contributed by atoms with van der Waals surface area (Å²) in [5.41, 5.74) is 0.625. The fourth-order valence-electron chi connectivity index (χ4n) is 1.46. The van der Waals surface area contributed by atoms with E-state index in [2.05, 4.69) is 45.9 Å². The second-order valence-corrected chi connectivity index (χ2v) is 18.1. The number of ether oxygens (including phenoxy) is 1. The Bertz CT molecular complexity index is 285. The molecule has 17 heavy (non-hydrogen) atoms. The van der Waals surface area contributed by atoms with Crippen LogP contribution in [-0.4, -0.2) is 27.8 Å². The molecule has 0 aromatic heterocycles. The van der Waals surface area contributed by atoms with Gasteiger partial charge in [-0.2, -0.15) is 0 Å². The van der Waals surface area contributed by atoms with Gasteiger partial charge in [-0.1, -0.05) is 51.9 Å². The number of hydrogen-bond acceptors (Lipinski definition) is 2. The summed E-state index contributed by atoms with van der Waals surface area (Å²) in [4.78, 5) is 11.6. The third-order valence-electron chi connectivity index (χ3n) is 2.72. The van der Waals surface area contributed by atoms with Gasteiger partial charge in [-0.05, 0) is 13.3 Å². The SMILES string of the molecule is C=C(C)C(=O)OC(CC[Si](C)(C)C)[Si](C)(C)C. The zero-order valence-electron chi connectivity index (χ0n) is 12.5. The minimum atomic E-state index is -1.46. The molecule has 0 amide bonds. The van der Waals surface area contributed by atoms with E-state index in [0.29, 0.717) is 5.57 Å². The van der Waals surface area contributed by atoms with Crippen LogP contribution in [0.2, 0.25) is 45.3 Å². The predicted molar refractivity (Wildman–Crippen MR) is 80.8 cm³/mol. The van der Waals surface area contributed by atoms with Gasteiger partial charge in [0, 0.05) is 13.6 Å². The monoisotopic (exact) mass is 272 g/mol. The standard InChI is InChI=1S/C13H28O2Si2/c1-11(2)13(14)15-12(17(6,7)8)9-10-16(3,4)5/h12H,1,9-10H2,2-8H3. The Morgan fingerprint density at radius 3 is 1.94 bits per heavy atom. The lowest BCUT2D eigenvalue weighted by atomic mass is 10.4. The largest absolute Gasteiger partial charge is 0.463 e. The molecule has 0 fully saturated rings. The summed E-state index contributed by atoms with van der Waals surface area (Å²) in [6.45, 7) is 19.2. The van der Waals surface area contributed by atoms with Crippen LogP contribution in [0, 0.1) is 0 Å². The molecule has 0 aliphatic heterocycles. The molecule has 1 unspecified atom stereocenters. The number of hydrogen-bond donors (Lipinski definition) is 0. The molecule has 0 heterocycles. The van der Waals surface area contributed by atoms with Crippen molar-refractivity contribution in [3.05, 3.63) is 12.2 Å². The van der Waals surface area contributed by atoms with Crippen LogP contribution >= 0.6 is 0 Å². The molecular weight excluding hydrogens is 244 g/mol. The average Bonchev–Trinajstić information content (AvgIpc) is 2.07. The van der Waals surface area contributed by atoms with Crippen molar-refractivity contribution < 1.29 is 9.53 Å². The van der Waals surface area contributed by atoms with Crippen LogP contribution in [0.4, 0.5) is 0 Å². The van der Waals surface area contributed by atoms with E-state index in [-0.39, 0.29) is 11.7 Å². The highest BCUT2D eigenvalue weighted by Gasteiger charge is 2.31. The molecule has 0 saturated heterocycles. The van der Waals surface area contributed by atoms with Gasteiger partial charge in [-0.3, -0.25) is 0 Å². The maximum absolute atomic E-state index is 11.6. The van der Waals surface area contributed by atoms with Crippen LogP contribution in [0.3, 0.4) is 0 Å². The predicted octanol–water partition coefficient (Wildman–Crippen LogP) is 4.08. The molecule has 0 aliphatic carbocycles. The summed E-state index contributed by atoms with van der Waals surface area (Å²) in [6.07, 6.45) is 1.02. The van der Waals surface area contributed by atoms with E-state index in [0.717, 1.165) is 6.42 Å². The Labute approximate surface area is 108 Å². The van der Waals surface area contributed by atoms with Gasteiger partial charge in [0.15, 0.2) is 0 Å². The highest BCUT2D eigenvalue weighted by Crippen LogP contribution is 2.22. The molecule has 0 aliphatic rings. The summed E-state index contributed by atoms with van der Waals surface area (Å²) in [5.74, 6) is -0.229. The van der Waals surface area contributed by atoms with Crippen LogP contribution in [0.15, 0.2) is 12.2 Å². The first kappa shape index (κ1) is 16.6. The van der Waals surface area contributed by atoms with Crippen molar-refractivity contribution in [1.29, 1.82) is 0 Å². The lowest BCUT2D eigenvalue weighted by Gasteiger charge is -2.30. The quantitative estimate of drug-likeness (QED) is 0.414. The Morgan fingerprint density at radius 2 is 1.65 bits per heavy atom. The van der Waals surface area contributed by atoms with Crippen molar-refractivity contribution in [3.8, 4) is 0 Å². The number of carbonyl (C=O) groups is 1. The van der Waals surface area contributed by atoms with Gasteiger partial charge in [0.05, 0.1) is 13.8 Å². The molecule has 0 N–H and O–H groups in total. The van der Waals surface area contributed by atoms with E-state index in [1.54, 1.807) is 6.92 Å². The minimum absolute atomic E-state index is 0.124. The van der Waals surface area contributed by atoms with Crippen molar-refractivity contribution in [2.75, 3.05) is 0 Å². The highest BCUT2D eigenvalue weighted by atomic mass is 28.3. The van der Waals surface area contributed by atoms with Gasteiger partial charge in [0.25, 0.3) is 0 Å². The summed E-state index contributed by atoms with van der Waals surface area (Å²) >= 11 is 0. The van der Waals surface area contributed by atoms with E-state index in [4.69, 9.17) is 4.74 Å². The second kappa shape index (κ2) is 6.00. The minimum Gasteiger partial charge on any atom is -0.463 e. The van der Waals surface area contributed by atoms with Gasteiger partial charge in [-0.15, -0.1) is 0 Å². The van der Waals surface area contributed by atoms with Crippen molar-refractivity contribution in [1.82, 2.24) is 0 Å². The number of rotatable bonds is 6. The number of esters is 1. The molecule has 0 bridgehead atoms. The van der Waals surface area contributed by atoms with E-state index < -0.39 is 16.1 Å². The van der Waals surface area contributed by atoms with Crippen LogP contribution in [0.1, 0.15) is 13.3 Å². The average molecular weight is 273 g/mol. The van der Waals surface area contributed by atoms with Gasteiger partial charge in [-0.25, -0.2) is 4.79 Å². The molecule has 2 nitrogen and oxygen atoms in total. The van der Waals surface area contributed by atoms with Crippen LogP contribution in [0.25, 0.3) is 0 Å². The van der Waals surface area contributed by atoms with Crippen molar-refractivity contribution >= 4 is 22.1 Å². The third kappa shape index (κ3) is 7.55. The van der Waals surface area contributed by atoms with Gasteiger partial charge < -0.3 is 4.74 Å². The van der Waals surface area contributed by atoms with Gasteiger partial charge in [0.2, 0.25) is 0 Å². The summed E-state index contributed by atoms with van der Waals surface area (Å²) < 4.78 is 5.62. The highest BCUT2D eigenvalue weighted by molar-refractivity contribution is 6.78. The molecule has 100 valence electrons. The Morgan fingerprint density at radius 1 is 1.18 bits per heavy atom. The molecule has 1 atom stereocenters. The fraction of sp³-hybridized carbons (Fsp3) is 0.769. The zero-order chi connectivity index (χ0) is 13.9. The van der Waals surface area contributed by atoms with E-state index >= 15 is 0 Å². The normalized spacial score (nSPS) is 14.3. The first-order valence-corrected chi connectivity index (χ1v) is 13.6. The molecule has 0 rings (SSSR count). The lowest BCUT2D eigenvalue weighted by Crippen LogP contribution is -2.43. The molecule has 4 heteroatoms. The van der Waals surface area contributed by atoms with Crippen molar-refractivity contribution in [3.63, 3.8) is 0 Å². The van der Waals surface area contributed by atoms with E-state index in [9.17, 15) is 4.79 Å².